The number of aryl methyl sites for hydroxylation is 1. The fourth-order valence-corrected chi connectivity index (χ4v) is 3.31. The second-order valence-corrected chi connectivity index (χ2v) is 6.92. The quantitative estimate of drug-likeness (QED) is 0.440. The second-order valence-electron chi connectivity index (χ2n) is 6.01. The summed E-state index contributed by atoms with van der Waals surface area (Å²) in [7, 11) is 0. The number of hydrogen-bond donors (Lipinski definition) is 0. The van der Waals surface area contributed by atoms with Crippen LogP contribution in [0.4, 0.5) is 0 Å². The summed E-state index contributed by atoms with van der Waals surface area (Å²) in [6.07, 6.45) is 0. The lowest BCUT2D eigenvalue weighted by Crippen LogP contribution is -2.02. The molecule has 0 spiro atoms. The zero-order chi connectivity index (χ0) is 16.5. The molecule has 0 aliphatic heterocycles. The summed E-state index contributed by atoms with van der Waals surface area (Å²) in [6.45, 7) is 2.94. The van der Waals surface area contributed by atoms with Crippen LogP contribution < -0.4 is 0 Å². The Morgan fingerprint density at radius 1 is 0.917 bits per heavy atom. The SMILES string of the molecule is Cc1cccc(Cn2c(-c3ccc(Br)cc3)nc3ccccc32)c1. The summed E-state index contributed by atoms with van der Waals surface area (Å²) in [5.74, 6) is 1.00. The molecule has 0 aliphatic carbocycles. The van der Waals surface area contributed by atoms with E-state index < -0.39 is 0 Å². The number of para-hydroxylation sites is 2. The van der Waals surface area contributed by atoms with E-state index in [-0.39, 0.29) is 0 Å². The molecular weight excluding hydrogens is 360 g/mol. The molecular formula is C21H17BrN2. The van der Waals surface area contributed by atoms with Gasteiger partial charge in [0.15, 0.2) is 0 Å². The van der Waals surface area contributed by atoms with Crippen LogP contribution in [0.1, 0.15) is 11.1 Å². The highest BCUT2D eigenvalue weighted by molar-refractivity contribution is 9.10. The average Bonchev–Trinajstić information content (AvgIpc) is 2.94. The van der Waals surface area contributed by atoms with Crippen molar-refractivity contribution in [3.63, 3.8) is 0 Å². The number of halogens is 1. The summed E-state index contributed by atoms with van der Waals surface area (Å²) in [5, 5.41) is 0. The standard InChI is InChI=1S/C21H17BrN2/c1-15-5-4-6-16(13-15)14-24-20-8-3-2-7-19(20)23-21(24)17-9-11-18(22)12-10-17/h2-13H,14H2,1H3. The first-order chi connectivity index (χ1) is 11.7. The van der Waals surface area contributed by atoms with Gasteiger partial charge in [0.1, 0.15) is 5.82 Å². The molecule has 4 rings (SSSR count). The van der Waals surface area contributed by atoms with Gasteiger partial charge in [-0.25, -0.2) is 4.98 Å². The maximum atomic E-state index is 4.88. The Balaban J connectivity index is 1.88. The summed E-state index contributed by atoms with van der Waals surface area (Å²) in [4.78, 5) is 4.88. The molecule has 0 unspecified atom stereocenters. The molecule has 0 saturated heterocycles. The van der Waals surface area contributed by atoms with E-state index in [9.17, 15) is 0 Å². The van der Waals surface area contributed by atoms with Crippen molar-refractivity contribution in [1.82, 2.24) is 9.55 Å². The van der Waals surface area contributed by atoms with Gasteiger partial charge in [0, 0.05) is 16.6 Å². The highest BCUT2D eigenvalue weighted by Gasteiger charge is 2.12. The number of imidazole rings is 1. The topological polar surface area (TPSA) is 17.8 Å². The highest BCUT2D eigenvalue weighted by Crippen LogP contribution is 2.27. The summed E-state index contributed by atoms with van der Waals surface area (Å²) in [5.41, 5.74) is 5.89. The molecule has 0 aliphatic rings. The Morgan fingerprint density at radius 2 is 1.71 bits per heavy atom. The fraction of sp³-hybridized carbons (Fsp3) is 0.0952. The molecule has 0 bridgehead atoms. The van der Waals surface area contributed by atoms with Crippen LogP contribution in [0.3, 0.4) is 0 Å². The van der Waals surface area contributed by atoms with Crippen molar-refractivity contribution in [2.45, 2.75) is 13.5 Å². The van der Waals surface area contributed by atoms with E-state index in [1.165, 1.54) is 11.1 Å². The lowest BCUT2D eigenvalue weighted by atomic mass is 10.1. The predicted octanol–water partition coefficient (Wildman–Crippen LogP) is 5.82. The van der Waals surface area contributed by atoms with Crippen LogP contribution in [0.15, 0.2) is 77.3 Å². The van der Waals surface area contributed by atoms with Gasteiger partial charge in [-0.15, -0.1) is 0 Å². The van der Waals surface area contributed by atoms with Gasteiger partial charge < -0.3 is 4.57 Å². The van der Waals surface area contributed by atoms with E-state index in [0.29, 0.717) is 0 Å². The van der Waals surface area contributed by atoms with Gasteiger partial charge in [-0.05, 0) is 36.8 Å². The minimum absolute atomic E-state index is 0.813. The monoisotopic (exact) mass is 376 g/mol. The van der Waals surface area contributed by atoms with Crippen molar-refractivity contribution in [2.75, 3.05) is 0 Å². The van der Waals surface area contributed by atoms with Crippen LogP contribution in [-0.4, -0.2) is 9.55 Å². The zero-order valence-electron chi connectivity index (χ0n) is 13.4. The summed E-state index contributed by atoms with van der Waals surface area (Å²) in [6, 6.07) is 25.3. The molecule has 0 N–H and O–H groups in total. The Bertz CT molecular complexity index is 1000. The van der Waals surface area contributed by atoms with E-state index in [2.05, 4.69) is 94.2 Å². The van der Waals surface area contributed by atoms with E-state index in [4.69, 9.17) is 4.98 Å². The largest absolute Gasteiger partial charge is 0.319 e. The van der Waals surface area contributed by atoms with Crippen LogP contribution in [0.25, 0.3) is 22.4 Å². The molecule has 2 nitrogen and oxygen atoms in total. The van der Waals surface area contributed by atoms with Crippen molar-refractivity contribution >= 4 is 27.0 Å². The van der Waals surface area contributed by atoms with Crippen molar-refractivity contribution in [3.8, 4) is 11.4 Å². The van der Waals surface area contributed by atoms with Crippen LogP contribution in [0, 0.1) is 6.92 Å². The van der Waals surface area contributed by atoms with Crippen molar-refractivity contribution in [2.24, 2.45) is 0 Å². The highest BCUT2D eigenvalue weighted by atomic mass is 79.9. The molecule has 118 valence electrons. The molecule has 0 saturated carbocycles. The molecule has 4 aromatic rings. The van der Waals surface area contributed by atoms with Crippen molar-refractivity contribution in [3.05, 3.63) is 88.4 Å². The number of fused-ring (bicyclic) bond motifs is 1. The number of hydrogen-bond acceptors (Lipinski definition) is 1. The lowest BCUT2D eigenvalue weighted by molar-refractivity contribution is 0.833. The molecule has 0 amide bonds. The molecule has 0 atom stereocenters. The third-order valence-electron chi connectivity index (χ3n) is 4.18. The van der Waals surface area contributed by atoms with Crippen LogP contribution in [0.2, 0.25) is 0 Å². The first kappa shape index (κ1) is 15.2. The molecule has 1 aromatic heterocycles. The Hall–Kier alpha value is -2.39. The molecule has 0 radical (unpaired) electrons. The predicted molar refractivity (Wildman–Crippen MR) is 103 cm³/mol. The van der Waals surface area contributed by atoms with Gasteiger partial charge >= 0.3 is 0 Å². The Morgan fingerprint density at radius 3 is 2.50 bits per heavy atom. The van der Waals surface area contributed by atoms with E-state index in [0.717, 1.165) is 33.4 Å². The van der Waals surface area contributed by atoms with Gasteiger partial charge in [-0.1, -0.05) is 70.0 Å². The number of rotatable bonds is 3. The zero-order valence-corrected chi connectivity index (χ0v) is 15.0. The van der Waals surface area contributed by atoms with Crippen LogP contribution >= 0.6 is 15.9 Å². The van der Waals surface area contributed by atoms with Gasteiger partial charge in [0.25, 0.3) is 0 Å². The normalized spacial score (nSPS) is 11.1. The third-order valence-corrected chi connectivity index (χ3v) is 4.71. The molecule has 3 aromatic carbocycles. The maximum absolute atomic E-state index is 4.88. The van der Waals surface area contributed by atoms with Gasteiger partial charge in [-0.3, -0.25) is 0 Å². The molecule has 0 fully saturated rings. The molecule has 3 heteroatoms. The Labute approximate surface area is 149 Å². The fourth-order valence-electron chi connectivity index (χ4n) is 3.05. The number of benzene rings is 3. The third kappa shape index (κ3) is 2.87. The number of nitrogens with zero attached hydrogens (tertiary/aromatic N) is 2. The summed E-state index contributed by atoms with van der Waals surface area (Å²) < 4.78 is 3.38. The minimum atomic E-state index is 0.813. The minimum Gasteiger partial charge on any atom is -0.319 e. The van der Waals surface area contributed by atoms with Gasteiger partial charge in [-0.2, -0.15) is 0 Å². The first-order valence-corrected chi connectivity index (χ1v) is 8.77. The van der Waals surface area contributed by atoms with Gasteiger partial charge in [0.05, 0.1) is 11.0 Å². The maximum Gasteiger partial charge on any atom is 0.141 e. The first-order valence-electron chi connectivity index (χ1n) is 7.97. The van der Waals surface area contributed by atoms with E-state index in [1.807, 2.05) is 6.07 Å². The van der Waals surface area contributed by atoms with Crippen LogP contribution in [-0.2, 0) is 6.54 Å². The molecule has 1 heterocycles. The smallest absolute Gasteiger partial charge is 0.141 e. The van der Waals surface area contributed by atoms with Crippen LogP contribution in [0.5, 0.6) is 0 Å². The Kier molecular flexibility index (Phi) is 3.95. The van der Waals surface area contributed by atoms with E-state index >= 15 is 0 Å². The lowest BCUT2D eigenvalue weighted by Gasteiger charge is -2.10. The van der Waals surface area contributed by atoms with Crippen molar-refractivity contribution in [1.29, 1.82) is 0 Å². The van der Waals surface area contributed by atoms with E-state index in [1.54, 1.807) is 0 Å². The average molecular weight is 377 g/mol. The van der Waals surface area contributed by atoms with Gasteiger partial charge in [0.2, 0.25) is 0 Å². The molecule has 24 heavy (non-hydrogen) atoms. The second kappa shape index (κ2) is 6.25. The number of aromatic nitrogens is 2. The summed E-state index contributed by atoms with van der Waals surface area (Å²) >= 11 is 3.51. The van der Waals surface area contributed by atoms with Crippen molar-refractivity contribution < 1.29 is 0 Å².